The lowest BCUT2D eigenvalue weighted by Gasteiger charge is -2.35. The van der Waals surface area contributed by atoms with E-state index in [4.69, 9.17) is 0 Å². The van der Waals surface area contributed by atoms with Crippen molar-refractivity contribution >= 4 is 0 Å². The van der Waals surface area contributed by atoms with Crippen molar-refractivity contribution in [2.45, 2.75) is 70.8 Å². The van der Waals surface area contributed by atoms with Crippen molar-refractivity contribution in [1.29, 1.82) is 0 Å². The Morgan fingerprint density at radius 3 is 2.65 bits per heavy atom. The molecule has 3 heteroatoms. The molecule has 0 aliphatic heterocycles. The lowest BCUT2D eigenvalue weighted by Crippen LogP contribution is -2.40. The quantitative estimate of drug-likeness (QED) is 0.740. The van der Waals surface area contributed by atoms with Crippen LogP contribution in [0.15, 0.2) is 0 Å². The van der Waals surface area contributed by atoms with Gasteiger partial charge in [0, 0.05) is 18.9 Å². The molecule has 3 unspecified atom stereocenters. The first-order valence-corrected chi connectivity index (χ1v) is 7.03. The average molecular weight is 247 g/mol. The van der Waals surface area contributed by atoms with Crippen LogP contribution < -0.4 is 5.32 Å². The zero-order valence-corrected chi connectivity index (χ0v) is 11.4. The molecule has 0 aromatic heterocycles. The van der Waals surface area contributed by atoms with Crippen LogP contribution in [-0.2, 0) is 0 Å². The fourth-order valence-electron chi connectivity index (χ4n) is 3.14. The number of alkyl halides is 2. The summed E-state index contributed by atoms with van der Waals surface area (Å²) < 4.78 is 26.8. The van der Waals surface area contributed by atoms with Crippen molar-refractivity contribution in [3.8, 4) is 0 Å². The van der Waals surface area contributed by atoms with Gasteiger partial charge in [0.2, 0.25) is 5.92 Å². The van der Waals surface area contributed by atoms with Crippen molar-refractivity contribution < 1.29 is 8.78 Å². The van der Waals surface area contributed by atoms with Crippen molar-refractivity contribution in [2.75, 3.05) is 7.05 Å². The van der Waals surface area contributed by atoms with Gasteiger partial charge < -0.3 is 5.32 Å². The van der Waals surface area contributed by atoms with Gasteiger partial charge in [-0.15, -0.1) is 0 Å². The van der Waals surface area contributed by atoms with Gasteiger partial charge >= 0.3 is 0 Å². The first-order chi connectivity index (χ1) is 7.98. The first kappa shape index (κ1) is 14.9. The summed E-state index contributed by atoms with van der Waals surface area (Å²) in [5.41, 5.74) is 0. The van der Waals surface area contributed by atoms with E-state index in [9.17, 15) is 8.78 Å². The summed E-state index contributed by atoms with van der Waals surface area (Å²) in [6.07, 6.45) is 5.21. The van der Waals surface area contributed by atoms with Crippen molar-refractivity contribution in [3.05, 3.63) is 0 Å². The summed E-state index contributed by atoms with van der Waals surface area (Å²) in [5.74, 6) is -1.64. The second kappa shape index (κ2) is 6.67. The molecule has 0 aromatic rings. The highest BCUT2D eigenvalue weighted by molar-refractivity contribution is 4.86. The highest BCUT2D eigenvalue weighted by Crippen LogP contribution is 2.39. The number of hydrogen-bond donors (Lipinski definition) is 1. The highest BCUT2D eigenvalue weighted by atomic mass is 19.3. The standard InChI is InChI=1S/C14H27F2N/c1-4-6-11(2)9-13(17-3)12-7-5-8-14(15,16)10-12/h11-13,17H,4-10H2,1-3H3. The highest BCUT2D eigenvalue weighted by Gasteiger charge is 2.39. The van der Waals surface area contributed by atoms with Crippen LogP contribution in [0, 0.1) is 11.8 Å². The van der Waals surface area contributed by atoms with Crippen molar-refractivity contribution in [3.63, 3.8) is 0 Å². The Bertz CT molecular complexity index is 218. The fraction of sp³-hybridized carbons (Fsp3) is 1.00. The third-order valence-corrected chi connectivity index (χ3v) is 4.06. The van der Waals surface area contributed by atoms with Gasteiger partial charge in [0.1, 0.15) is 0 Å². The maximum atomic E-state index is 13.4. The summed E-state index contributed by atoms with van der Waals surface area (Å²) in [7, 11) is 1.91. The fourth-order valence-corrected chi connectivity index (χ4v) is 3.14. The lowest BCUT2D eigenvalue weighted by molar-refractivity contribution is -0.0589. The number of nitrogens with one attached hydrogen (secondary N) is 1. The summed E-state index contributed by atoms with van der Waals surface area (Å²) in [6, 6.07) is 0.266. The van der Waals surface area contributed by atoms with Gasteiger partial charge in [-0.25, -0.2) is 8.78 Å². The van der Waals surface area contributed by atoms with E-state index in [2.05, 4.69) is 19.2 Å². The van der Waals surface area contributed by atoms with E-state index in [-0.39, 0.29) is 24.8 Å². The van der Waals surface area contributed by atoms with Crippen LogP contribution in [0.5, 0.6) is 0 Å². The molecule has 1 N–H and O–H groups in total. The summed E-state index contributed by atoms with van der Waals surface area (Å²) in [5, 5.41) is 3.27. The molecule has 0 amide bonds. The van der Waals surface area contributed by atoms with Gasteiger partial charge in [0.05, 0.1) is 0 Å². The van der Waals surface area contributed by atoms with E-state index in [1.165, 1.54) is 12.8 Å². The van der Waals surface area contributed by atoms with E-state index >= 15 is 0 Å². The number of halogens is 2. The lowest BCUT2D eigenvalue weighted by atomic mass is 9.78. The zero-order valence-electron chi connectivity index (χ0n) is 11.4. The van der Waals surface area contributed by atoms with Gasteiger partial charge in [-0.3, -0.25) is 0 Å². The Hall–Kier alpha value is -0.180. The van der Waals surface area contributed by atoms with E-state index in [1.54, 1.807) is 0 Å². The van der Waals surface area contributed by atoms with Gasteiger partial charge in [0.15, 0.2) is 0 Å². The van der Waals surface area contributed by atoms with Crippen LogP contribution in [0.1, 0.15) is 58.8 Å². The van der Waals surface area contributed by atoms with Gasteiger partial charge in [-0.05, 0) is 38.1 Å². The Balaban J connectivity index is 2.49. The van der Waals surface area contributed by atoms with Gasteiger partial charge in [-0.1, -0.05) is 26.7 Å². The third kappa shape index (κ3) is 4.90. The summed E-state index contributed by atoms with van der Waals surface area (Å²) in [4.78, 5) is 0. The zero-order chi connectivity index (χ0) is 12.9. The SMILES string of the molecule is CCCC(C)CC(NC)C1CCCC(F)(F)C1. The maximum Gasteiger partial charge on any atom is 0.248 e. The Labute approximate surface area is 104 Å². The molecule has 0 spiro atoms. The minimum Gasteiger partial charge on any atom is -0.317 e. The molecular weight excluding hydrogens is 220 g/mol. The van der Waals surface area contributed by atoms with E-state index < -0.39 is 5.92 Å². The minimum atomic E-state index is -2.42. The molecule has 1 nitrogen and oxygen atoms in total. The molecule has 17 heavy (non-hydrogen) atoms. The van der Waals surface area contributed by atoms with Crippen LogP contribution in [0.2, 0.25) is 0 Å². The van der Waals surface area contributed by atoms with Crippen LogP contribution in [0.4, 0.5) is 8.78 Å². The van der Waals surface area contributed by atoms with Crippen molar-refractivity contribution in [2.24, 2.45) is 11.8 Å². The maximum absolute atomic E-state index is 13.4. The molecule has 0 radical (unpaired) electrons. The van der Waals surface area contributed by atoms with Crippen LogP contribution in [0.25, 0.3) is 0 Å². The molecular formula is C14H27F2N. The molecule has 0 aromatic carbocycles. The number of rotatable bonds is 6. The molecule has 1 fully saturated rings. The minimum absolute atomic E-state index is 0.0807. The predicted octanol–water partition coefficient (Wildman–Crippen LogP) is 4.23. The molecule has 1 saturated carbocycles. The van der Waals surface area contributed by atoms with Gasteiger partial charge in [0.25, 0.3) is 0 Å². The van der Waals surface area contributed by atoms with E-state index in [0.717, 1.165) is 12.8 Å². The molecule has 0 bridgehead atoms. The predicted molar refractivity (Wildman–Crippen MR) is 68.4 cm³/mol. The van der Waals surface area contributed by atoms with Gasteiger partial charge in [-0.2, -0.15) is 0 Å². The first-order valence-electron chi connectivity index (χ1n) is 7.03. The largest absolute Gasteiger partial charge is 0.317 e. The molecule has 0 saturated heterocycles. The second-order valence-corrected chi connectivity index (χ2v) is 5.74. The smallest absolute Gasteiger partial charge is 0.248 e. The normalized spacial score (nSPS) is 27.7. The Kier molecular flexibility index (Phi) is 5.84. The summed E-state index contributed by atoms with van der Waals surface area (Å²) in [6.45, 7) is 4.41. The van der Waals surface area contributed by atoms with Crippen LogP contribution in [-0.4, -0.2) is 19.0 Å². The molecule has 1 aliphatic rings. The van der Waals surface area contributed by atoms with Crippen LogP contribution in [0.3, 0.4) is 0 Å². The van der Waals surface area contributed by atoms with Crippen LogP contribution >= 0.6 is 0 Å². The molecule has 102 valence electrons. The van der Waals surface area contributed by atoms with E-state index in [0.29, 0.717) is 12.3 Å². The average Bonchev–Trinajstić information content (AvgIpc) is 2.25. The summed E-state index contributed by atoms with van der Waals surface area (Å²) >= 11 is 0. The molecule has 1 rings (SSSR count). The third-order valence-electron chi connectivity index (χ3n) is 4.06. The van der Waals surface area contributed by atoms with Crippen molar-refractivity contribution in [1.82, 2.24) is 5.32 Å². The topological polar surface area (TPSA) is 12.0 Å². The molecule has 0 heterocycles. The Morgan fingerprint density at radius 2 is 2.12 bits per heavy atom. The molecule has 3 atom stereocenters. The Morgan fingerprint density at radius 1 is 1.41 bits per heavy atom. The molecule has 1 aliphatic carbocycles. The van der Waals surface area contributed by atoms with E-state index in [1.807, 2.05) is 7.05 Å². The second-order valence-electron chi connectivity index (χ2n) is 5.74. The monoisotopic (exact) mass is 247 g/mol. The number of hydrogen-bond acceptors (Lipinski definition) is 1.